The highest BCUT2D eigenvalue weighted by Gasteiger charge is 2.08. The van der Waals surface area contributed by atoms with Gasteiger partial charge in [-0.1, -0.05) is 0 Å². The van der Waals surface area contributed by atoms with Gasteiger partial charge in [0.05, 0.1) is 26.9 Å². The Hall–Kier alpha value is -3.22. The van der Waals surface area contributed by atoms with Gasteiger partial charge in [-0.3, -0.25) is 4.79 Å². The lowest BCUT2D eigenvalue weighted by Crippen LogP contribution is -2.16. The van der Waals surface area contributed by atoms with Crippen molar-refractivity contribution in [3.8, 4) is 11.5 Å². The molecule has 0 unspecified atom stereocenters. The fourth-order valence-corrected chi connectivity index (χ4v) is 2.30. The lowest BCUT2D eigenvalue weighted by atomic mass is 10.2. The summed E-state index contributed by atoms with van der Waals surface area (Å²) in [5.41, 5.74) is 1.93. The molecule has 1 amide bonds. The number of nitrogens with one attached hydrogen (secondary N) is 2. The number of ether oxygens (including phenoxy) is 3. The summed E-state index contributed by atoms with van der Waals surface area (Å²) in [6.07, 6.45) is 0.285. The highest BCUT2D eigenvalue weighted by atomic mass is 16.5. The first-order valence-corrected chi connectivity index (χ1v) is 8.01. The van der Waals surface area contributed by atoms with Crippen LogP contribution in [0.15, 0.2) is 42.5 Å². The molecule has 2 aromatic rings. The highest BCUT2D eigenvalue weighted by Crippen LogP contribution is 2.29. The molecule has 0 atom stereocenters. The molecule has 7 heteroatoms. The van der Waals surface area contributed by atoms with Gasteiger partial charge >= 0.3 is 5.97 Å². The van der Waals surface area contributed by atoms with E-state index in [2.05, 4.69) is 15.4 Å². The van der Waals surface area contributed by atoms with Crippen LogP contribution in [0.1, 0.15) is 16.8 Å². The summed E-state index contributed by atoms with van der Waals surface area (Å²) in [7, 11) is 4.43. The van der Waals surface area contributed by atoms with Crippen LogP contribution in [0.4, 0.5) is 11.4 Å². The van der Waals surface area contributed by atoms with Crippen molar-refractivity contribution >= 4 is 23.3 Å². The summed E-state index contributed by atoms with van der Waals surface area (Å²) in [4.78, 5) is 23.4. The smallest absolute Gasteiger partial charge is 0.337 e. The highest BCUT2D eigenvalue weighted by molar-refractivity contribution is 5.91. The summed E-state index contributed by atoms with van der Waals surface area (Å²) in [6.45, 7) is 0.455. The lowest BCUT2D eigenvalue weighted by molar-refractivity contribution is -0.115. The molecule has 138 valence electrons. The van der Waals surface area contributed by atoms with Crippen LogP contribution >= 0.6 is 0 Å². The fraction of sp³-hybridized carbons (Fsp3) is 0.263. The van der Waals surface area contributed by atoms with Gasteiger partial charge in [0.25, 0.3) is 0 Å². The molecule has 2 rings (SSSR count). The first-order chi connectivity index (χ1) is 12.6. The third-order valence-electron chi connectivity index (χ3n) is 3.65. The maximum Gasteiger partial charge on any atom is 0.337 e. The number of anilines is 2. The van der Waals surface area contributed by atoms with Crippen LogP contribution in [-0.4, -0.2) is 39.8 Å². The van der Waals surface area contributed by atoms with Gasteiger partial charge in [0.15, 0.2) is 11.5 Å². The number of carbonyl (C=O) groups excluding carboxylic acids is 2. The van der Waals surface area contributed by atoms with E-state index in [0.29, 0.717) is 29.3 Å². The van der Waals surface area contributed by atoms with Gasteiger partial charge in [-0.15, -0.1) is 0 Å². The minimum Gasteiger partial charge on any atom is -0.493 e. The number of carbonyl (C=O) groups is 2. The van der Waals surface area contributed by atoms with Crippen LogP contribution in [0.3, 0.4) is 0 Å². The number of methoxy groups -OCH3 is 3. The number of esters is 1. The Bertz CT molecular complexity index is 759. The zero-order valence-electron chi connectivity index (χ0n) is 15.0. The summed E-state index contributed by atoms with van der Waals surface area (Å²) in [5.74, 6) is 0.637. The molecule has 0 aliphatic carbocycles. The van der Waals surface area contributed by atoms with E-state index in [1.807, 2.05) is 0 Å². The average molecular weight is 358 g/mol. The molecule has 0 aliphatic heterocycles. The van der Waals surface area contributed by atoms with E-state index in [4.69, 9.17) is 9.47 Å². The van der Waals surface area contributed by atoms with Gasteiger partial charge in [-0.25, -0.2) is 4.79 Å². The predicted octanol–water partition coefficient (Wildman–Crippen LogP) is 2.93. The molecule has 0 saturated heterocycles. The van der Waals surface area contributed by atoms with Crippen LogP contribution in [0.5, 0.6) is 11.5 Å². The van der Waals surface area contributed by atoms with E-state index in [1.165, 1.54) is 7.11 Å². The molecular formula is C19H22N2O5. The molecule has 26 heavy (non-hydrogen) atoms. The quantitative estimate of drug-likeness (QED) is 0.706. The molecule has 7 nitrogen and oxygen atoms in total. The topological polar surface area (TPSA) is 85.9 Å². The van der Waals surface area contributed by atoms with Gasteiger partial charge in [0.2, 0.25) is 5.91 Å². The first kappa shape index (κ1) is 19.1. The largest absolute Gasteiger partial charge is 0.493 e. The van der Waals surface area contributed by atoms with E-state index in [0.717, 1.165) is 5.69 Å². The molecule has 2 N–H and O–H groups in total. The third-order valence-corrected chi connectivity index (χ3v) is 3.65. The predicted molar refractivity (Wildman–Crippen MR) is 99.1 cm³/mol. The van der Waals surface area contributed by atoms with Crippen molar-refractivity contribution < 1.29 is 23.8 Å². The Morgan fingerprint density at radius 2 is 1.54 bits per heavy atom. The van der Waals surface area contributed by atoms with Crippen molar-refractivity contribution in [1.29, 1.82) is 0 Å². The van der Waals surface area contributed by atoms with Gasteiger partial charge in [0, 0.05) is 30.4 Å². The maximum atomic E-state index is 12.1. The molecular weight excluding hydrogens is 336 g/mol. The SMILES string of the molecule is COC(=O)c1ccc(NCCC(=O)Nc2ccc(OC)c(OC)c2)cc1. The maximum absolute atomic E-state index is 12.1. The van der Waals surface area contributed by atoms with E-state index >= 15 is 0 Å². The van der Waals surface area contributed by atoms with Gasteiger partial charge in [0.1, 0.15) is 0 Å². The number of benzene rings is 2. The Labute approximate surface area is 152 Å². The van der Waals surface area contributed by atoms with Crippen molar-refractivity contribution in [1.82, 2.24) is 0 Å². The second-order valence-electron chi connectivity index (χ2n) is 5.36. The summed E-state index contributed by atoms with van der Waals surface area (Å²) in [5, 5.41) is 5.94. The molecule has 0 spiro atoms. The zero-order valence-corrected chi connectivity index (χ0v) is 15.0. The van der Waals surface area contributed by atoms with Crippen LogP contribution in [0, 0.1) is 0 Å². The van der Waals surface area contributed by atoms with Crippen LogP contribution < -0.4 is 20.1 Å². The average Bonchev–Trinajstić information content (AvgIpc) is 2.67. The van der Waals surface area contributed by atoms with Crippen molar-refractivity contribution in [2.75, 3.05) is 38.5 Å². The summed E-state index contributed by atoms with van der Waals surface area (Å²) in [6, 6.07) is 12.0. The van der Waals surface area contributed by atoms with Gasteiger partial charge in [-0.2, -0.15) is 0 Å². The van der Waals surface area contributed by atoms with Gasteiger partial charge in [-0.05, 0) is 36.4 Å². The molecule has 2 aromatic carbocycles. The van der Waals surface area contributed by atoms with E-state index < -0.39 is 0 Å². The number of hydrogen-bond donors (Lipinski definition) is 2. The standard InChI is InChI=1S/C19H22N2O5/c1-24-16-9-8-15(12-17(16)25-2)21-18(22)10-11-20-14-6-4-13(5-7-14)19(23)26-3/h4-9,12,20H,10-11H2,1-3H3,(H,21,22). The van der Waals surface area contributed by atoms with E-state index in [9.17, 15) is 9.59 Å². The minimum absolute atomic E-state index is 0.129. The molecule has 0 aromatic heterocycles. The second-order valence-corrected chi connectivity index (χ2v) is 5.36. The van der Waals surface area contributed by atoms with E-state index in [1.54, 1.807) is 56.7 Å². The summed E-state index contributed by atoms with van der Waals surface area (Å²) >= 11 is 0. The van der Waals surface area contributed by atoms with Crippen molar-refractivity contribution in [3.05, 3.63) is 48.0 Å². The molecule has 0 aliphatic rings. The van der Waals surface area contributed by atoms with Crippen molar-refractivity contribution in [2.45, 2.75) is 6.42 Å². The number of hydrogen-bond acceptors (Lipinski definition) is 6. The molecule has 0 saturated carbocycles. The Morgan fingerprint density at radius 1 is 0.885 bits per heavy atom. The lowest BCUT2D eigenvalue weighted by Gasteiger charge is -2.11. The minimum atomic E-state index is -0.383. The van der Waals surface area contributed by atoms with Crippen molar-refractivity contribution in [3.63, 3.8) is 0 Å². The molecule has 0 fully saturated rings. The number of rotatable bonds is 8. The van der Waals surface area contributed by atoms with Crippen molar-refractivity contribution in [2.24, 2.45) is 0 Å². The normalized spacial score (nSPS) is 9.96. The van der Waals surface area contributed by atoms with Crippen LogP contribution in [-0.2, 0) is 9.53 Å². The Balaban J connectivity index is 1.83. The molecule has 0 bridgehead atoms. The second kappa shape index (κ2) is 9.31. The number of amides is 1. The third kappa shape index (κ3) is 5.14. The van der Waals surface area contributed by atoms with Crippen LogP contribution in [0.2, 0.25) is 0 Å². The summed E-state index contributed by atoms with van der Waals surface area (Å²) < 4.78 is 15.0. The van der Waals surface area contributed by atoms with Crippen LogP contribution in [0.25, 0.3) is 0 Å². The monoisotopic (exact) mass is 358 g/mol. The molecule has 0 heterocycles. The van der Waals surface area contributed by atoms with E-state index in [-0.39, 0.29) is 18.3 Å². The van der Waals surface area contributed by atoms with Gasteiger partial charge < -0.3 is 24.8 Å². The molecule has 0 radical (unpaired) electrons. The zero-order chi connectivity index (χ0) is 18.9. The fourth-order valence-electron chi connectivity index (χ4n) is 2.30. The Morgan fingerprint density at radius 3 is 2.15 bits per heavy atom. The first-order valence-electron chi connectivity index (χ1n) is 8.01. The Kier molecular flexibility index (Phi) is 6.84.